The molecule has 2 aromatic carbocycles. The van der Waals surface area contributed by atoms with Gasteiger partial charge in [0.2, 0.25) is 0 Å². The molecule has 1 N–H and O–H groups in total. The minimum atomic E-state index is -4.40. The second kappa shape index (κ2) is 4.73. The van der Waals surface area contributed by atoms with Crippen LogP contribution < -0.4 is 5.56 Å². The number of hydrogen-bond donors (Lipinski definition) is 1. The lowest BCUT2D eigenvalue weighted by Crippen LogP contribution is -2.06. The molecule has 0 radical (unpaired) electrons. The Morgan fingerprint density at radius 2 is 1.76 bits per heavy atom. The Kier molecular flexibility index (Phi) is 3.01. The summed E-state index contributed by atoms with van der Waals surface area (Å²) in [5, 5.41) is 0.340. The van der Waals surface area contributed by atoms with Crippen molar-refractivity contribution < 1.29 is 13.2 Å². The van der Waals surface area contributed by atoms with Gasteiger partial charge in [-0.15, -0.1) is 0 Å². The van der Waals surface area contributed by atoms with Crippen LogP contribution in [-0.4, -0.2) is 9.97 Å². The van der Waals surface area contributed by atoms with Gasteiger partial charge in [0, 0.05) is 0 Å². The zero-order valence-corrected chi connectivity index (χ0v) is 10.6. The fraction of sp³-hybridized carbons (Fsp3) is 0.0667. The van der Waals surface area contributed by atoms with Crippen molar-refractivity contribution in [1.82, 2.24) is 9.97 Å². The maximum absolute atomic E-state index is 12.7. The van der Waals surface area contributed by atoms with E-state index in [1.807, 2.05) is 0 Å². The first kappa shape index (κ1) is 13.4. The van der Waals surface area contributed by atoms with Gasteiger partial charge in [-0.3, -0.25) is 4.79 Å². The second-order valence-electron chi connectivity index (χ2n) is 4.54. The molecule has 0 bridgehead atoms. The molecule has 1 heterocycles. The summed E-state index contributed by atoms with van der Waals surface area (Å²) in [5.41, 5.74) is 0.380. The van der Waals surface area contributed by atoms with Crippen molar-refractivity contribution in [3.8, 4) is 11.1 Å². The van der Waals surface area contributed by atoms with Crippen LogP contribution in [0, 0.1) is 0 Å². The number of alkyl halides is 3. The van der Waals surface area contributed by atoms with Crippen LogP contribution in [0.3, 0.4) is 0 Å². The van der Waals surface area contributed by atoms with Crippen molar-refractivity contribution in [3.63, 3.8) is 0 Å². The number of rotatable bonds is 1. The molecule has 0 saturated carbocycles. The lowest BCUT2D eigenvalue weighted by Gasteiger charge is -2.09. The van der Waals surface area contributed by atoms with Crippen LogP contribution in [0.15, 0.2) is 53.6 Å². The summed E-state index contributed by atoms with van der Waals surface area (Å²) in [6, 6.07) is 9.78. The second-order valence-corrected chi connectivity index (χ2v) is 4.54. The molecule has 0 aliphatic heterocycles. The van der Waals surface area contributed by atoms with E-state index in [9.17, 15) is 18.0 Å². The number of nitrogens with zero attached hydrogens (tertiary/aromatic N) is 1. The smallest absolute Gasteiger partial charge is 0.313 e. The molecule has 1 aromatic heterocycles. The molecule has 0 spiro atoms. The Bertz CT molecular complexity index is 868. The number of aromatic nitrogens is 2. The fourth-order valence-corrected chi connectivity index (χ4v) is 2.12. The predicted octanol–water partition coefficient (Wildman–Crippen LogP) is 3.61. The van der Waals surface area contributed by atoms with Gasteiger partial charge < -0.3 is 4.98 Å². The third-order valence-corrected chi connectivity index (χ3v) is 3.16. The van der Waals surface area contributed by atoms with Crippen molar-refractivity contribution in [2.45, 2.75) is 6.18 Å². The number of aromatic amines is 1. The Labute approximate surface area is 117 Å². The quantitative estimate of drug-likeness (QED) is 0.744. The molecule has 0 fully saturated rings. The molecule has 3 nitrogen and oxygen atoms in total. The number of benzene rings is 2. The fourth-order valence-electron chi connectivity index (χ4n) is 2.12. The molecule has 0 aliphatic carbocycles. The molecule has 21 heavy (non-hydrogen) atoms. The molecular formula is C15H9F3N2O. The molecule has 0 unspecified atom stereocenters. The van der Waals surface area contributed by atoms with E-state index in [1.165, 1.54) is 18.5 Å². The van der Waals surface area contributed by atoms with Gasteiger partial charge in [-0.1, -0.05) is 18.2 Å². The zero-order chi connectivity index (χ0) is 15.0. The van der Waals surface area contributed by atoms with Crippen LogP contribution in [0.1, 0.15) is 5.56 Å². The summed E-state index contributed by atoms with van der Waals surface area (Å²) in [4.78, 5) is 18.2. The summed E-state index contributed by atoms with van der Waals surface area (Å²) in [6.45, 7) is 0. The van der Waals surface area contributed by atoms with Crippen molar-refractivity contribution >= 4 is 10.9 Å². The first-order valence-corrected chi connectivity index (χ1v) is 6.10. The number of H-pyrrole nitrogens is 1. The lowest BCUT2D eigenvalue weighted by molar-refractivity contribution is -0.137. The van der Waals surface area contributed by atoms with E-state index >= 15 is 0 Å². The molecule has 3 rings (SSSR count). The van der Waals surface area contributed by atoms with E-state index in [0.717, 1.165) is 12.1 Å². The highest BCUT2D eigenvalue weighted by Crippen LogP contribution is 2.32. The average Bonchev–Trinajstić information content (AvgIpc) is 2.47. The van der Waals surface area contributed by atoms with E-state index in [1.54, 1.807) is 18.2 Å². The molecule has 0 amide bonds. The van der Waals surface area contributed by atoms with Crippen LogP contribution in [0.25, 0.3) is 22.0 Å². The molecule has 6 heteroatoms. The van der Waals surface area contributed by atoms with Gasteiger partial charge in [0.25, 0.3) is 5.56 Å². The Morgan fingerprint density at radius 3 is 2.52 bits per heavy atom. The maximum atomic E-state index is 12.7. The number of nitrogens with one attached hydrogen (secondary N) is 1. The van der Waals surface area contributed by atoms with Gasteiger partial charge in [-0.25, -0.2) is 4.98 Å². The predicted molar refractivity (Wildman–Crippen MR) is 72.8 cm³/mol. The number of hydrogen-bond acceptors (Lipinski definition) is 2. The topological polar surface area (TPSA) is 45.8 Å². The highest BCUT2D eigenvalue weighted by Gasteiger charge is 2.30. The molecule has 0 saturated heterocycles. The number of halogens is 3. The van der Waals surface area contributed by atoms with Gasteiger partial charge in [0.1, 0.15) is 0 Å². The van der Waals surface area contributed by atoms with Gasteiger partial charge in [0.05, 0.1) is 22.8 Å². The lowest BCUT2D eigenvalue weighted by atomic mass is 10.0. The first-order valence-electron chi connectivity index (χ1n) is 6.10. The molecule has 106 valence electrons. The van der Waals surface area contributed by atoms with E-state index in [4.69, 9.17) is 0 Å². The van der Waals surface area contributed by atoms with Crippen molar-refractivity contribution in [2.75, 3.05) is 0 Å². The van der Waals surface area contributed by atoms with E-state index in [0.29, 0.717) is 22.0 Å². The minimum absolute atomic E-state index is 0.325. The highest BCUT2D eigenvalue weighted by atomic mass is 19.4. The molecule has 3 aromatic rings. The Balaban J connectivity index is 2.17. The average molecular weight is 290 g/mol. The minimum Gasteiger partial charge on any atom is -0.313 e. The van der Waals surface area contributed by atoms with Crippen LogP contribution in [-0.2, 0) is 6.18 Å². The standard InChI is InChI=1S/C15H9F3N2O/c16-15(17,18)11-3-1-2-9(6-11)10-4-5-13-12(7-10)14(21)20-8-19-13/h1-8H,(H,19,20,21). The van der Waals surface area contributed by atoms with Gasteiger partial charge in [-0.2, -0.15) is 13.2 Å². The summed E-state index contributed by atoms with van der Waals surface area (Å²) < 4.78 is 38.2. The normalized spacial score (nSPS) is 11.8. The summed E-state index contributed by atoms with van der Waals surface area (Å²) in [6.07, 6.45) is -3.11. The van der Waals surface area contributed by atoms with Crippen LogP contribution >= 0.6 is 0 Å². The zero-order valence-electron chi connectivity index (χ0n) is 10.6. The maximum Gasteiger partial charge on any atom is 0.416 e. The largest absolute Gasteiger partial charge is 0.416 e. The van der Waals surface area contributed by atoms with E-state index in [2.05, 4.69) is 9.97 Å². The van der Waals surface area contributed by atoms with Gasteiger partial charge in [0.15, 0.2) is 0 Å². The van der Waals surface area contributed by atoms with Crippen molar-refractivity contribution in [1.29, 1.82) is 0 Å². The SMILES string of the molecule is O=c1[nH]cnc2ccc(-c3cccc(C(F)(F)F)c3)cc12. The monoisotopic (exact) mass is 290 g/mol. The Morgan fingerprint density at radius 1 is 1.00 bits per heavy atom. The molecule has 0 atom stereocenters. The summed E-state index contributed by atoms with van der Waals surface area (Å²) in [5.74, 6) is 0. The summed E-state index contributed by atoms with van der Waals surface area (Å²) >= 11 is 0. The third kappa shape index (κ3) is 2.52. The van der Waals surface area contributed by atoms with E-state index in [-0.39, 0.29) is 5.56 Å². The van der Waals surface area contributed by atoms with Crippen LogP contribution in [0.4, 0.5) is 13.2 Å². The molecule has 0 aliphatic rings. The Hall–Kier alpha value is -2.63. The van der Waals surface area contributed by atoms with Crippen LogP contribution in [0.5, 0.6) is 0 Å². The first-order chi connectivity index (χ1) is 9.95. The highest BCUT2D eigenvalue weighted by molar-refractivity contribution is 5.83. The number of fused-ring (bicyclic) bond motifs is 1. The van der Waals surface area contributed by atoms with E-state index < -0.39 is 11.7 Å². The van der Waals surface area contributed by atoms with Gasteiger partial charge >= 0.3 is 6.18 Å². The summed E-state index contributed by atoms with van der Waals surface area (Å²) in [7, 11) is 0. The van der Waals surface area contributed by atoms with Crippen molar-refractivity contribution in [3.05, 3.63) is 64.7 Å². The third-order valence-electron chi connectivity index (χ3n) is 3.16. The van der Waals surface area contributed by atoms with Gasteiger partial charge in [-0.05, 0) is 35.4 Å². The van der Waals surface area contributed by atoms with Crippen LogP contribution in [0.2, 0.25) is 0 Å². The van der Waals surface area contributed by atoms with Crippen molar-refractivity contribution in [2.24, 2.45) is 0 Å². The molecular weight excluding hydrogens is 281 g/mol.